The normalized spacial score (nSPS) is 12.7. The molecule has 0 aromatic carbocycles. The number of hydrogen-bond donors (Lipinski definition) is 1. The maximum Gasteiger partial charge on any atom is 0.283 e. The molecule has 0 saturated carbocycles. The summed E-state index contributed by atoms with van der Waals surface area (Å²) in [4.78, 5) is 10.8. The summed E-state index contributed by atoms with van der Waals surface area (Å²) < 4.78 is 14.7. The third-order valence-electron chi connectivity index (χ3n) is 1.57. The summed E-state index contributed by atoms with van der Waals surface area (Å²) in [7, 11) is 4.30. The van der Waals surface area contributed by atoms with E-state index in [9.17, 15) is 4.79 Å². The van der Waals surface area contributed by atoms with Gasteiger partial charge in [0, 0.05) is 19.8 Å². The fraction of sp³-hybridized carbons (Fsp3) is 0.625. The molecule has 76 valence electrons. The quantitative estimate of drug-likeness (QED) is 0.376. The summed E-state index contributed by atoms with van der Waals surface area (Å²) in [5, 5.41) is 0. The Kier molecular flexibility index (Phi) is 5.10. The number of carbonyl (C=O) groups is 1. The highest BCUT2D eigenvalue weighted by atomic mass is 16.7. The average molecular weight is 189 g/mol. The van der Waals surface area contributed by atoms with Crippen LogP contribution in [0.2, 0.25) is 0 Å². The molecule has 0 aromatic heterocycles. The number of methoxy groups -OCH3 is 3. The van der Waals surface area contributed by atoms with E-state index in [1.54, 1.807) is 6.92 Å². The minimum absolute atomic E-state index is 0.0636. The third-order valence-corrected chi connectivity index (χ3v) is 1.57. The van der Waals surface area contributed by atoms with E-state index >= 15 is 0 Å². The van der Waals surface area contributed by atoms with Crippen LogP contribution in [0.25, 0.3) is 0 Å². The zero-order valence-electron chi connectivity index (χ0n) is 8.29. The van der Waals surface area contributed by atoms with Crippen molar-refractivity contribution in [1.29, 1.82) is 0 Å². The predicted molar refractivity (Wildman–Crippen MR) is 46.7 cm³/mol. The summed E-state index contributed by atoms with van der Waals surface area (Å²) in [6, 6.07) is 0. The van der Waals surface area contributed by atoms with Crippen molar-refractivity contribution in [2.75, 3.05) is 21.3 Å². The molecule has 0 rings (SSSR count). The summed E-state index contributed by atoms with van der Waals surface area (Å²) >= 11 is 0. The topological polar surface area (TPSA) is 70.8 Å². The first-order chi connectivity index (χ1) is 6.08. The van der Waals surface area contributed by atoms with E-state index in [2.05, 4.69) is 0 Å². The Morgan fingerprint density at radius 2 is 1.69 bits per heavy atom. The van der Waals surface area contributed by atoms with Gasteiger partial charge in [-0.05, 0) is 6.92 Å². The molecule has 0 aliphatic carbocycles. The molecule has 0 aliphatic heterocycles. The molecule has 0 bridgehead atoms. The smallest absolute Gasteiger partial charge is 0.283 e. The van der Waals surface area contributed by atoms with Crippen LogP contribution in [-0.2, 0) is 19.0 Å². The average Bonchev–Trinajstić information content (AvgIpc) is 2.07. The minimum atomic E-state index is -0.640. The molecule has 0 atom stereocenters. The lowest BCUT2D eigenvalue weighted by Crippen LogP contribution is -2.23. The van der Waals surface area contributed by atoms with Gasteiger partial charge >= 0.3 is 0 Å². The van der Waals surface area contributed by atoms with Crippen molar-refractivity contribution in [2.45, 2.75) is 13.2 Å². The van der Waals surface area contributed by atoms with Gasteiger partial charge in [0.1, 0.15) is 0 Å². The molecule has 0 unspecified atom stereocenters. The van der Waals surface area contributed by atoms with Crippen molar-refractivity contribution < 1.29 is 19.0 Å². The van der Waals surface area contributed by atoms with Crippen LogP contribution < -0.4 is 5.73 Å². The van der Waals surface area contributed by atoms with Crippen molar-refractivity contribution in [3.05, 3.63) is 11.3 Å². The molecule has 0 saturated heterocycles. The van der Waals surface area contributed by atoms with Gasteiger partial charge < -0.3 is 19.9 Å². The first-order valence-electron chi connectivity index (χ1n) is 3.68. The van der Waals surface area contributed by atoms with Crippen LogP contribution in [0.15, 0.2) is 11.3 Å². The molecular formula is C8H15NO4. The Morgan fingerprint density at radius 1 is 1.23 bits per heavy atom. The number of amides is 1. The van der Waals surface area contributed by atoms with E-state index in [1.165, 1.54) is 21.3 Å². The number of nitrogens with two attached hydrogens (primary N) is 1. The molecule has 0 fully saturated rings. The van der Waals surface area contributed by atoms with Gasteiger partial charge in [-0.2, -0.15) is 0 Å². The number of rotatable bonds is 5. The molecule has 0 aromatic rings. The summed E-state index contributed by atoms with van der Waals surface area (Å²) in [6.45, 7) is 1.65. The largest absolute Gasteiger partial charge is 0.491 e. The number of hydrogen-bond acceptors (Lipinski definition) is 4. The van der Waals surface area contributed by atoms with Gasteiger partial charge in [-0.25, -0.2) is 0 Å². The maximum atomic E-state index is 10.8. The first kappa shape index (κ1) is 11.9. The SMILES string of the molecule is COC(C(N)=O)=C(C)C(OC)OC. The summed E-state index contributed by atoms with van der Waals surface area (Å²) in [6.07, 6.45) is -0.609. The van der Waals surface area contributed by atoms with E-state index in [1.807, 2.05) is 0 Å². The Balaban J connectivity index is 4.81. The number of carbonyl (C=O) groups excluding carboxylic acids is 1. The van der Waals surface area contributed by atoms with Crippen molar-refractivity contribution in [3.8, 4) is 0 Å². The second-order valence-electron chi connectivity index (χ2n) is 2.38. The molecule has 0 aliphatic rings. The van der Waals surface area contributed by atoms with Crippen LogP contribution in [0.3, 0.4) is 0 Å². The van der Waals surface area contributed by atoms with Crippen LogP contribution >= 0.6 is 0 Å². The van der Waals surface area contributed by atoms with Crippen LogP contribution in [0.1, 0.15) is 6.92 Å². The Hall–Kier alpha value is -1.07. The monoisotopic (exact) mass is 189 g/mol. The highest BCUT2D eigenvalue weighted by molar-refractivity contribution is 5.90. The van der Waals surface area contributed by atoms with E-state index in [4.69, 9.17) is 19.9 Å². The third kappa shape index (κ3) is 3.04. The van der Waals surface area contributed by atoms with Crippen molar-refractivity contribution in [3.63, 3.8) is 0 Å². The summed E-state index contributed by atoms with van der Waals surface area (Å²) in [5.41, 5.74) is 5.58. The highest BCUT2D eigenvalue weighted by Crippen LogP contribution is 2.12. The van der Waals surface area contributed by atoms with Crippen LogP contribution in [0.5, 0.6) is 0 Å². The van der Waals surface area contributed by atoms with Gasteiger partial charge in [-0.15, -0.1) is 0 Å². The van der Waals surface area contributed by atoms with Gasteiger partial charge in [-0.1, -0.05) is 0 Å². The summed E-state index contributed by atoms with van der Waals surface area (Å²) in [5.74, 6) is -0.576. The molecule has 0 radical (unpaired) electrons. The van der Waals surface area contributed by atoms with Crippen molar-refractivity contribution in [2.24, 2.45) is 5.73 Å². The molecular weight excluding hydrogens is 174 g/mol. The lowest BCUT2D eigenvalue weighted by atomic mass is 10.2. The van der Waals surface area contributed by atoms with Gasteiger partial charge in [0.2, 0.25) is 0 Å². The van der Waals surface area contributed by atoms with Crippen LogP contribution in [0.4, 0.5) is 0 Å². The minimum Gasteiger partial charge on any atom is -0.491 e. The fourth-order valence-electron chi connectivity index (χ4n) is 1.01. The van der Waals surface area contributed by atoms with E-state index in [0.717, 1.165) is 0 Å². The number of ether oxygens (including phenoxy) is 3. The zero-order chi connectivity index (χ0) is 10.4. The van der Waals surface area contributed by atoms with E-state index in [0.29, 0.717) is 5.57 Å². The maximum absolute atomic E-state index is 10.8. The second-order valence-corrected chi connectivity index (χ2v) is 2.38. The predicted octanol–water partition coefficient (Wildman–Crippen LogP) is 0.0110. The second kappa shape index (κ2) is 5.55. The van der Waals surface area contributed by atoms with E-state index < -0.39 is 12.2 Å². The number of primary amides is 1. The Labute approximate surface area is 77.4 Å². The van der Waals surface area contributed by atoms with Crippen LogP contribution in [-0.4, -0.2) is 33.5 Å². The van der Waals surface area contributed by atoms with Crippen molar-refractivity contribution >= 4 is 5.91 Å². The molecule has 5 heteroatoms. The highest BCUT2D eigenvalue weighted by Gasteiger charge is 2.17. The van der Waals surface area contributed by atoms with E-state index in [-0.39, 0.29) is 5.76 Å². The fourth-order valence-corrected chi connectivity index (χ4v) is 1.01. The molecule has 5 nitrogen and oxygen atoms in total. The molecule has 0 heterocycles. The van der Waals surface area contributed by atoms with Crippen molar-refractivity contribution in [1.82, 2.24) is 0 Å². The molecule has 0 spiro atoms. The molecule has 2 N–H and O–H groups in total. The van der Waals surface area contributed by atoms with Gasteiger partial charge in [0.25, 0.3) is 5.91 Å². The Bertz CT molecular complexity index is 208. The Morgan fingerprint density at radius 3 is 1.92 bits per heavy atom. The van der Waals surface area contributed by atoms with Gasteiger partial charge in [-0.3, -0.25) is 4.79 Å². The molecule has 13 heavy (non-hydrogen) atoms. The molecule has 1 amide bonds. The van der Waals surface area contributed by atoms with Gasteiger partial charge in [0.15, 0.2) is 12.0 Å². The van der Waals surface area contributed by atoms with Crippen LogP contribution in [0, 0.1) is 0 Å². The standard InChI is InChI=1S/C8H15NO4/c1-5(8(12-3)13-4)6(11-2)7(9)10/h8H,1-4H3,(H2,9,10). The zero-order valence-corrected chi connectivity index (χ0v) is 8.29. The van der Waals surface area contributed by atoms with Gasteiger partial charge in [0.05, 0.1) is 7.11 Å². The first-order valence-corrected chi connectivity index (χ1v) is 3.68. The lowest BCUT2D eigenvalue weighted by molar-refractivity contribution is -0.118. The lowest BCUT2D eigenvalue weighted by Gasteiger charge is -2.16.